The van der Waals surface area contributed by atoms with E-state index in [2.05, 4.69) is 11.9 Å². The van der Waals surface area contributed by atoms with E-state index in [-0.39, 0.29) is 11.3 Å². The van der Waals surface area contributed by atoms with Gasteiger partial charge in [0.25, 0.3) is 5.91 Å². The summed E-state index contributed by atoms with van der Waals surface area (Å²) in [5.74, 6) is -0.793. The molecule has 0 saturated heterocycles. The lowest BCUT2D eigenvalue weighted by Gasteiger charge is -2.24. The summed E-state index contributed by atoms with van der Waals surface area (Å²) in [6.45, 7) is 10.5. The zero-order valence-electron chi connectivity index (χ0n) is 11.6. The maximum absolute atomic E-state index is 12.1. The monoisotopic (exact) mass is 265 g/mol. The van der Waals surface area contributed by atoms with E-state index in [0.29, 0.717) is 0 Å². The van der Waals surface area contributed by atoms with E-state index in [4.69, 9.17) is 9.15 Å². The standard InChI is InChI=1S/C14H19NO4/c1-9(2)13(17)19-11(10-7-6-8-18-10)12(16)15-14(3,4)5/h6-8,11H,1H2,2-5H3,(H,15,16). The summed E-state index contributed by atoms with van der Waals surface area (Å²) in [6.07, 6.45) is 0.305. The first-order valence-corrected chi connectivity index (χ1v) is 5.92. The van der Waals surface area contributed by atoms with Crippen molar-refractivity contribution in [3.05, 3.63) is 36.3 Å². The molecule has 1 amide bonds. The Bertz CT molecular complexity index is 468. The third-order valence-electron chi connectivity index (χ3n) is 2.11. The average Bonchev–Trinajstić information content (AvgIpc) is 2.75. The van der Waals surface area contributed by atoms with Gasteiger partial charge in [-0.25, -0.2) is 4.79 Å². The van der Waals surface area contributed by atoms with E-state index in [0.717, 1.165) is 0 Å². The number of rotatable bonds is 4. The Morgan fingerprint density at radius 3 is 2.47 bits per heavy atom. The number of hydrogen-bond acceptors (Lipinski definition) is 4. The maximum Gasteiger partial charge on any atom is 0.334 e. The molecule has 104 valence electrons. The topological polar surface area (TPSA) is 68.5 Å². The summed E-state index contributed by atoms with van der Waals surface area (Å²) in [6, 6.07) is 3.21. The van der Waals surface area contributed by atoms with Crippen LogP contribution in [-0.4, -0.2) is 17.4 Å². The van der Waals surface area contributed by atoms with Gasteiger partial charge in [0.2, 0.25) is 6.10 Å². The first-order chi connectivity index (χ1) is 8.70. The van der Waals surface area contributed by atoms with Crippen LogP contribution in [0.25, 0.3) is 0 Å². The molecule has 1 atom stereocenters. The molecule has 19 heavy (non-hydrogen) atoms. The highest BCUT2D eigenvalue weighted by Crippen LogP contribution is 2.20. The fourth-order valence-corrected chi connectivity index (χ4v) is 1.32. The third kappa shape index (κ3) is 4.62. The van der Waals surface area contributed by atoms with Crippen molar-refractivity contribution in [1.82, 2.24) is 5.32 Å². The van der Waals surface area contributed by atoms with Gasteiger partial charge in [0, 0.05) is 11.1 Å². The first-order valence-electron chi connectivity index (χ1n) is 5.92. The van der Waals surface area contributed by atoms with Gasteiger partial charge in [0.15, 0.2) is 5.76 Å². The van der Waals surface area contributed by atoms with Gasteiger partial charge in [-0.3, -0.25) is 4.79 Å². The van der Waals surface area contributed by atoms with Crippen molar-refractivity contribution in [2.75, 3.05) is 0 Å². The third-order valence-corrected chi connectivity index (χ3v) is 2.11. The molecule has 1 aromatic rings. The minimum atomic E-state index is -1.11. The predicted molar refractivity (Wildman–Crippen MR) is 70.3 cm³/mol. The van der Waals surface area contributed by atoms with Crippen LogP contribution in [0.2, 0.25) is 0 Å². The van der Waals surface area contributed by atoms with Crippen LogP contribution in [0.3, 0.4) is 0 Å². The highest BCUT2D eigenvalue weighted by Gasteiger charge is 2.30. The number of carbonyl (C=O) groups is 2. The van der Waals surface area contributed by atoms with E-state index in [9.17, 15) is 9.59 Å². The van der Waals surface area contributed by atoms with Gasteiger partial charge in [-0.15, -0.1) is 0 Å². The van der Waals surface area contributed by atoms with Crippen LogP contribution in [0.1, 0.15) is 39.6 Å². The molecule has 0 aliphatic rings. The van der Waals surface area contributed by atoms with Gasteiger partial charge in [-0.1, -0.05) is 6.58 Å². The summed E-state index contributed by atoms with van der Waals surface area (Å²) >= 11 is 0. The molecule has 5 heteroatoms. The van der Waals surface area contributed by atoms with Gasteiger partial charge in [-0.2, -0.15) is 0 Å². The normalized spacial score (nSPS) is 12.6. The number of ether oxygens (including phenoxy) is 1. The number of nitrogens with one attached hydrogen (secondary N) is 1. The molecule has 0 aromatic carbocycles. The van der Waals surface area contributed by atoms with E-state index in [1.807, 2.05) is 20.8 Å². The zero-order chi connectivity index (χ0) is 14.6. The Morgan fingerprint density at radius 1 is 1.42 bits per heavy atom. The fraction of sp³-hybridized carbons (Fsp3) is 0.429. The lowest BCUT2D eigenvalue weighted by Crippen LogP contribution is -2.44. The van der Waals surface area contributed by atoms with E-state index in [1.54, 1.807) is 12.1 Å². The van der Waals surface area contributed by atoms with Crippen LogP contribution in [-0.2, 0) is 14.3 Å². The first kappa shape index (κ1) is 15.0. The number of amides is 1. The summed E-state index contributed by atoms with van der Waals surface area (Å²) in [4.78, 5) is 23.7. The number of furan rings is 1. The molecule has 1 heterocycles. The molecule has 0 bridgehead atoms. The summed E-state index contributed by atoms with van der Waals surface area (Å²) in [7, 11) is 0. The highest BCUT2D eigenvalue weighted by atomic mass is 16.6. The van der Waals surface area contributed by atoms with E-state index < -0.39 is 23.5 Å². The quantitative estimate of drug-likeness (QED) is 0.670. The van der Waals surface area contributed by atoms with Gasteiger partial charge in [-0.05, 0) is 39.8 Å². The van der Waals surface area contributed by atoms with Crippen molar-refractivity contribution in [3.63, 3.8) is 0 Å². The second-order valence-electron chi connectivity index (χ2n) is 5.32. The van der Waals surface area contributed by atoms with Gasteiger partial charge in [0.05, 0.1) is 6.26 Å². The summed E-state index contributed by atoms with van der Waals surface area (Å²) < 4.78 is 10.3. The summed E-state index contributed by atoms with van der Waals surface area (Å²) in [5, 5.41) is 2.75. The van der Waals surface area contributed by atoms with Crippen molar-refractivity contribution in [2.24, 2.45) is 0 Å². The number of esters is 1. The van der Waals surface area contributed by atoms with Gasteiger partial charge < -0.3 is 14.5 Å². The van der Waals surface area contributed by atoms with Crippen LogP contribution in [0.15, 0.2) is 35.0 Å². The fourth-order valence-electron chi connectivity index (χ4n) is 1.32. The summed E-state index contributed by atoms with van der Waals surface area (Å²) in [5.41, 5.74) is -0.211. The SMILES string of the molecule is C=C(C)C(=O)OC(C(=O)NC(C)(C)C)c1ccco1. The average molecular weight is 265 g/mol. The van der Waals surface area contributed by atoms with Crippen LogP contribution in [0.5, 0.6) is 0 Å². The Balaban J connectivity index is 2.91. The Kier molecular flexibility index (Phi) is 4.53. The molecular formula is C14H19NO4. The molecule has 1 aromatic heterocycles. The van der Waals surface area contributed by atoms with Gasteiger partial charge >= 0.3 is 5.97 Å². The van der Waals surface area contributed by atoms with Crippen LogP contribution < -0.4 is 5.32 Å². The molecule has 0 aliphatic heterocycles. The van der Waals surface area contributed by atoms with Crippen molar-refractivity contribution in [3.8, 4) is 0 Å². The second-order valence-corrected chi connectivity index (χ2v) is 5.32. The molecule has 0 aliphatic carbocycles. The minimum absolute atomic E-state index is 0.222. The zero-order valence-corrected chi connectivity index (χ0v) is 11.6. The molecular weight excluding hydrogens is 246 g/mol. The number of hydrogen-bond donors (Lipinski definition) is 1. The smallest absolute Gasteiger partial charge is 0.334 e. The lowest BCUT2D eigenvalue weighted by molar-refractivity contribution is -0.154. The van der Waals surface area contributed by atoms with Crippen molar-refractivity contribution >= 4 is 11.9 Å². The lowest BCUT2D eigenvalue weighted by atomic mass is 10.1. The maximum atomic E-state index is 12.1. The largest absolute Gasteiger partial charge is 0.465 e. The van der Waals surface area contributed by atoms with Crippen LogP contribution >= 0.6 is 0 Å². The van der Waals surface area contributed by atoms with Crippen molar-refractivity contribution in [1.29, 1.82) is 0 Å². The second kappa shape index (κ2) is 5.73. The Labute approximate surface area is 112 Å². The van der Waals surface area contributed by atoms with E-state index in [1.165, 1.54) is 13.2 Å². The van der Waals surface area contributed by atoms with Gasteiger partial charge in [0.1, 0.15) is 0 Å². The Hall–Kier alpha value is -2.04. The molecule has 0 spiro atoms. The van der Waals surface area contributed by atoms with Crippen molar-refractivity contribution < 1.29 is 18.7 Å². The Morgan fingerprint density at radius 2 is 2.05 bits per heavy atom. The molecule has 5 nitrogen and oxygen atoms in total. The highest BCUT2D eigenvalue weighted by molar-refractivity contribution is 5.91. The molecule has 0 saturated carbocycles. The van der Waals surface area contributed by atoms with Crippen molar-refractivity contribution in [2.45, 2.75) is 39.3 Å². The minimum Gasteiger partial charge on any atom is -0.465 e. The van der Waals surface area contributed by atoms with E-state index >= 15 is 0 Å². The molecule has 0 radical (unpaired) electrons. The van der Waals surface area contributed by atoms with Crippen LogP contribution in [0.4, 0.5) is 0 Å². The predicted octanol–water partition coefficient (Wildman–Crippen LogP) is 2.35. The van der Waals surface area contributed by atoms with Crippen LogP contribution in [0, 0.1) is 0 Å². The molecule has 1 N–H and O–H groups in total. The number of carbonyl (C=O) groups excluding carboxylic acids is 2. The molecule has 0 fully saturated rings. The molecule has 1 unspecified atom stereocenters. The molecule has 1 rings (SSSR count).